The Morgan fingerprint density at radius 3 is 2.75 bits per heavy atom. The molecule has 1 aromatic heterocycles. The van der Waals surface area contributed by atoms with Gasteiger partial charge < -0.3 is 14.3 Å². The van der Waals surface area contributed by atoms with Crippen LogP contribution in [-0.4, -0.2) is 16.8 Å². The second-order valence-electron chi connectivity index (χ2n) is 5.94. The molecular weight excluding hydrogens is 252 g/mol. The minimum Gasteiger partial charge on any atom is -0.485 e. The molecule has 0 aliphatic carbocycles. The van der Waals surface area contributed by atoms with Crippen LogP contribution in [0.1, 0.15) is 19.4 Å². The standard InChI is InChI=1S/C17H16O3/c1-17(2)15(18)9-11-13(20-17)7-8-14-16(11)10-5-3-4-6-12(10)19-14/h3-8,15,18H,9H2,1-2H3. The highest BCUT2D eigenvalue weighted by atomic mass is 16.5. The highest BCUT2D eigenvalue weighted by molar-refractivity contribution is 6.07. The van der Waals surface area contributed by atoms with Crippen molar-refractivity contribution >= 4 is 21.9 Å². The van der Waals surface area contributed by atoms with Crippen molar-refractivity contribution in [3.8, 4) is 5.75 Å². The Balaban J connectivity index is 2.06. The lowest BCUT2D eigenvalue weighted by Gasteiger charge is -2.37. The van der Waals surface area contributed by atoms with Crippen molar-refractivity contribution < 1.29 is 14.3 Å². The van der Waals surface area contributed by atoms with Crippen LogP contribution in [0, 0.1) is 0 Å². The second-order valence-corrected chi connectivity index (χ2v) is 5.94. The minimum atomic E-state index is -0.555. The molecular formula is C17H16O3. The summed E-state index contributed by atoms with van der Waals surface area (Å²) in [5.41, 5.74) is 2.20. The minimum absolute atomic E-state index is 0.519. The van der Waals surface area contributed by atoms with Gasteiger partial charge in [0.15, 0.2) is 0 Å². The summed E-state index contributed by atoms with van der Waals surface area (Å²) < 4.78 is 11.8. The number of hydrogen-bond acceptors (Lipinski definition) is 3. The Morgan fingerprint density at radius 1 is 1.10 bits per heavy atom. The first kappa shape index (κ1) is 11.8. The number of aliphatic hydroxyl groups excluding tert-OH is 1. The van der Waals surface area contributed by atoms with E-state index in [4.69, 9.17) is 9.15 Å². The predicted molar refractivity (Wildman–Crippen MR) is 78.1 cm³/mol. The fraction of sp³-hybridized carbons (Fsp3) is 0.294. The van der Waals surface area contributed by atoms with E-state index in [2.05, 4.69) is 0 Å². The van der Waals surface area contributed by atoms with Gasteiger partial charge in [-0.3, -0.25) is 0 Å². The predicted octanol–water partition coefficient (Wildman–Crippen LogP) is 3.66. The van der Waals surface area contributed by atoms with Crippen LogP contribution in [0.15, 0.2) is 40.8 Å². The van der Waals surface area contributed by atoms with Crippen molar-refractivity contribution in [2.24, 2.45) is 0 Å². The Labute approximate surface area is 116 Å². The molecule has 0 saturated heterocycles. The van der Waals surface area contributed by atoms with Crippen molar-refractivity contribution in [1.29, 1.82) is 0 Å². The van der Waals surface area contributed by atoms with E-state index in [0.717, 1.165) is 33.3 Å². The molecule has 0 spiro atoms. The Hall–Kier alpha value is -2.00. The Bertz CT molecular complexity index is 814. The van der Waals surface area contributed by atoms with E-state index in [0.29, 0.717) is 6.42 Å². The second kappa shape index (κ2) is 3.76. The zero-order valence-corrected chi connectivity index (χ0v) is 11.5. The maximum atomic E-state index is 10.3. The molecule has 1 unspecified atom stereocenters. The van der Waals surface area contributed by atoms with Crippen LogP contribution in [0.4, 0.5) is 0 Å². The molecule has 0 saturated carbocycles. The van der Waals surface area contributed by atoms with Gasteiger partial charge in [0.2, 0.25) is 0 Å². The molecule has 0 amide bonds. The quantitative estimate of drug-likeness (QED) is 0.676. The maximum Gasteiger partial charge on any atom is 0.135 e. The first-order chi connectivity index (χ1) is 9.56. The molecule has 3 aromatic rings. The van der Waals surface area contributed by atoms with E-state index < -0.39 is 11.7 Å². The fourth-order valence-electron chi connectivity index (χ4n) is 2.96. The topological polar surface area (TPSA) is 42.6 Å². The number of para-hydroxylation sites is 1. The molecule has 0 radical (unpaired) electrons. The molecule has 1 aliphatic rings. The third-order valence-electron chi connectivity index (χ3n) is 4.18. The van der Waals surface area contributed by atoms with Gasteiger partial charge in [0.25, 0.3) is 0 Å². The van der Waals surface area contributed by atoms with Crippen molar-refractivity contribution in [1.82, 2.24) is 0 Å². The van der Waals surface area contributed by atoms with E-state index in [9.17, 15) is 5.11 Å². The SMILES string of the molecule is CC1(C)Oc2ccc3oc4ccccc4c3c2CC1O. The summed E-state index contributed by atoms with van der Waals surface area (Å²) in [6.45, 7) is 3.83. The van der Waals surface area contributed by atoms with Gasteiger partial charge in [-0.05, 0) is 32.0 Å². The zero-order valence-electron chi connectivity index (χ0n) is 11.5. The summed E-state index contributed by atoms with van der Waals surface area (Å²) in [4.78, 5) is 0. The number of hydrogen-bond donors (Lipinski definition) is 1. The van der Waals surface area contributed by atoms with E-state index in [-0.39, 0.29) is 0 Å². The summed E-state index contributed by atoms with van der Waals surface area (Å²) in [6.07, 6.45) is 0.0673. The number of aliphatic hydroxyl groups is 1. The van der Waals surface area contributed by atoms with Crippen LogP contribution >= 0.6 is 0 Å². The summed E-state index contributed by atoms with van der Waals surface area (Å²) in [5.74, 6) is 0.847. The van der Waals surface area contributed by atoms with Crippen LogP contribution in [0.2, 0.25) is 0 Å². The first-order valence-electron chi connectivity index (χ1n) is 6.86. The molecule has 2 aromatic carbocycles. The molecule has 2 heterocycles. The van der Waals surface area contributed by atoms with Gasteiger partial charge in [0.1, 0.15) is 22.5 Å². The number of benzene rings is 2. The average molecular weight is 268 g/mol. The maximum absolute atomic E-state index is 10.3. The van der Waals surface area contributed by atoms with Crippen LogP contribution < -0.4 is 4.74 Å². The van der Waals surface area contributed by atoms with Crippen LogP contribution in [-0.2, 0) is 6.42 Å². The molecule has 0 bridgehead atoms. The monoisotopic (exact) mass is 268 g/mol. The van der Waals surface area contributed by atoms with Crippen LogP contribution in [0.25, 0.3) is 21.9 Å². The van der Waals surface area contributed by atoms with E-state index in [1.54, 1.807) is 0 Å². The Kier molecular flexibility index (Phi) is 2.22. The van der Waals surface area contributed by atoms with Gasteiger partial charge in [-0.1, -0.05) is 18.2 Å². The molecule has 3 nitrogen and oxygen atoms in total. The molecule has 1 atom stereocenters. The largest absolute Gasteiger partial charge is 0.485 e. The van der Waals surface area contributed by atoms with Gasteiger partial charge in [-0.25, -0.2) is 0 Å². The normalized spacial score (nSPS) is 20.9. The van der Waals surface area contributed by atoms with Crippen molar-refractivity contribution in [3.63, 3.8) is 0 Å². The van der Waals surface area contributed by atoms with Gasteiger partial charge in [0.05, 0.1) is 6.10 Å². The third-order valence-corrected chi connectivity index (χ3v) is 4.18. The van der Waals surface area contributed by atoms with E-state index >= 15 is 0 Å². The molecule has 1 aliphatic heterocycles. The zero-order chi connectivity index (χ0) is 13.9. The Morgan fingerprint density at radius 2 is 1.90 bits per heavy atom. The highest BCUT2D eigenvalue weighted by Crippen LogP contribution is 2.41. The smallest absolute Gasteiger partial charge is 0.135 e. The molecule has 20 heavy (non-hydrogen) atoms. The first-order valence-corrected chi connectivity index (χ1v) is 6.86. The number of ether oxygens (including phenoxy) is 1. The van der Waals surface area contributed by atoms with Gasteiger partial charge in [0, 0.05) is 22.8 Å². The lowest BCUT2D eigenvalue weighted by atomic mass is 9.89. The molecule has 102 valence electrons. The van der Waals surface area contributed by atoms with Crippen molar-refractivity contribution in [3.05, 3.63) is 42.0 Å². The lowest BCUT2D eigenvalue weighted by Crippen LogP contribution is -2.46. The van der Waals surface area contributed by atoms with Crippen LogP contribution in [0.5, 0.6) is 5.75 Å². The fourth-order valence-corrected chi connectivity index (χ4v) is 2.96. The van der Waals surface area contributed by atoms with Crippen LogP contribution in [0.3, 0.4) is 0 Å². The van der Waals surface area contributed by atoms with Crippen molar-refractivity contribution in [2.75, 3.05) is 0 Å². The summed E-state index contributed by atoms with van der Waals surface area (Å²) in [7, 11) is 0. The summed E-state index contributed by atoms with van der Waals surface area (Å²) in [6, 6.07) is 11.9. The number of furan rings is 1. The average Bonchev–Trinajstić information content (AvgIpc) is 2.79. The molecule has 4 rings (SSSR count). The molecule has 3 heteroatoms. The van der Waals surface area contributed by atoms with Crippen molar-refractivity contribution in [2.45, 2.75) is 32.0 Å². The third kappa shape index (κ3) is 1.50. The van der Waals surface area contributed by atoms with E-state index in [1.165, 1.54) is 0 Å². The lowest BCUT2D eigenvalue weighted by molar-refractivity contribution is -0.0406. The highest BCUT2D eigenvalue weighted by Gasteiger charge is 2.36. The molecule has 1 N–H and O–H groups in total. The van der Waals surface area contributed by atoms with Gasteiger partial charge in [-0.2, -0.15) is 0 Å². The number of fused-ring (bicyclic) bond motifs is 5. The van der Waals surface area contributed by atoms with Gasteiger partial charge in [-0.15, -0.1) is 0 Å². The molecule has 0 fully saturated rings. The summed E-state index contributed by atoms with van der Waals surface area (Å²) in [5, 5.41) is 12.4. The van der Waals surface area contributed by atoms with E-state index in [1.807, 2.05) is 50.2 Å². The summed E-state index contributed by atoms with van der Waals surface area (Å²) >= 11 is 0. The van der Waals surface area contributed by atoms with Gasteiger partial charge >= 0.3 is 0 Å². The number of rotatable bonds is 0.